The van der Waals surface area contributed by atoms with Gasteiger partial charge in [0, 0.05) is 62.5 Å². The maximum Gasteiger partial charge on any atom is 0.251 e. The lowest BCUT2D eigenvalue weighted by Gasteiger charge is -2.46. The number of carbonyl (C=O) groups is 2. The van der Waals surface area contributed by atoms with E-state index in [-0.39, 0.29) is 60.9 Å². The summed E-state index contributed by atoms with van der Waals surface area (Å²) in [6, 6.07) is 3.94. The molecular weight excluding hydrogens is 368 g/mol. The van der Waals surface area contributed by atoms with E-state index in [1.807, 2.05) is 6.07 Å². The molecule has 8 heteroatoms. The van der Waals surface area contributed by atoms with Gasteiger partial charge < -0.3 is 10.2 Å². The van der Waals surface area contributed by atoms with Crippen LogP contribution in [0, 0.1) is 5.92 Å². The van der Waals surface area contributed by atoms with E-state index in [9.17, 15) is 23.2 Å². The van der Waals surface area contributed by atoms with E-state index in [0.29, 0.717) is 13.1 Å². The highest BCUT2D eigenvalue weighted by molar-refractivity contribution is 5.82. The molecule has 2 fully saturated rings. The second-order valence-electron chi connectivity index (χ2n) is 8.36. The van der Waals surface area contributed by atoms with E-state index in [0.717, 1.165) is 12.1 Å². The van der Waals surface area contributed by atoms with Crippen LogP contribution in [0.4, 0.5) is 8.78 Å². The fourth-order valence-electron chi connectivity index (χ4n) is 5.00. The molecule has 1 aliphatic carbocycles. The Balaban J connectivity index is 1.61. The van der Waals surface area contributed by atoms with Gasteiger partial charge in [-0.3, -0.25) is 19.0 Å². The first-order chi connectivity index (χ1) is 13.2. The standard InChI is InChI=1S/C20H25F2N3O3/c1-12(26)24-10-13-9-14(11-24)18(25-16(13)3-2-4-17(25)27)19(28)23-15-5-7-20(21,22)8-6-15/h2-4,13-15,18H,5-11H2,1H3,(H,23,28)/t13-,14+,18-/m1/s1. The molecule has 0 radical (unpaired) electrons. The summed E-state index contributed by atoms with van der Waals surface area (Å²) in [4.78, 5) is 39.4. The van der Waals surface area contributed by atoms with E-state index in [1.165, 1.54) is 13.0 Å². The zero-order valence-electron chi connectivity index (χ0n) is 15.9. The minimum absolute atomic E-state index is 0.0222. The summed E-state index contributed by atoms with van der Waals surface area (Å²) >= 11 is 0. The number of halogens is 2. The van der Waals surface area contributed by atoms with Crippen molar-refractivity contribution < 1.29 is 18.4 Å². The topological polar surface area (TPSA) is 71.4 Å². The Morgan fingerprint density at radius 1 is 1.18 bits per heavy atom. The molecule has 0 aromatic carbocycles. The van der Waals surface area contributed by atoms with Crippen LogP contribution in [0.25, 0.3) is 0 Å². The lowest BCUT2D eigenvalue weighted by Crippen LogP contribution is -2.55. The highest BCUT2D eigenvalue weighted by Crippen LogP contribution is 2.41. The Morgan fingerprint density at radius 2 is 1.89 bits per heavy atom. The number of hydrogen-bond acceptors (Lipinski definition) is 3. The molecule has 0 spiro atoms. The van der Waals surface area contributed by atoms with Crippen LogP contribution in [-0.4, -0.2) is 46.3 Å². The first-order valence-corrected chi connectivity index (χ1v) is 9.90. The normalized spacial score (nSPS) is 29.1. The predicted octanol–water partition coefficient (Wildman–Crippen LogP) is 2.05. The third kappa shape index (κ3) is 3.44. The maximum absolute atomic E-state index is 13.4. The highest BCUT2D eigenvalue weighted by atomic mass is 19.3. The lowest BCUT2D eigenvalue weighted by molar-refractivity contribution is -0.136. The molecule has 3 heterocycles. The summed E-state index contributed by atoms with van der Waals surface area (Å²) in [5, 5.41) is 2.91. The number of nitrogens with zero attached hydrogens (tertiary/aromatic N) is 2. The van der Waals surface area contributed by atoms with Crippen LogP contribution in [0.2, 0.25) is 0 Å². The molecule has 28 heavy (non-hydrogen) atoms. The zero-order chi connectivity index (χ0) is 20.1. The summed E-state index contributed by atoms with van der Waals surface area (Å²) in [6.45, 7) is 2.48. The smallest absolute Gasteiger partial charge is 0.251 e. The van der Waals surface area contributed by atoms with Crippen molar-refractivity contribution in [1.82, 2.24) is 14.8 Å². The Labute approximate surface area is 161 Å². The summed E-state index contributed by atoms with van der Waals surface area (Å²) in [5.41, 5.74) is 0.531. The molecule has 3 aliphatic rings. The molecule has 2 bridgehead atoms. The van der Waals surface area contributed by atoms with Crippen molar-refractivity contribution in [3.05, 3.63) is 34.2 Å². The molecule has 1 saturated carbocycles. The minimum atomic E-state index is -2.66. The van der Waals surface area contributed by atoms with Gasteiger partial charge in [0.05, 0.1) is 0 Å². The van der Waals surface area contributed by atoms with Crippen LogP contribution in [0.1, 0.15) is 56.7 Å². The minimum Gasteiger partial charge on any atom is -0.352 e. The molecule has 1 N–H and O–H groups in total. The summed E-state index contributed by atoms with van der Waals surface area (Å²) in [7, 11) is 0. The van der Waals surface area contributed by atoms with Crippen LogP contribution in [0.5, 0.6) is 0 Å². The number of rotatable bonds is 2. The van der Waals surface area contributed by atoms with Crippen LogP contribution in [-0.2, 0) is 9.59 Å². The number of carbonyl (C=O) groups excluding carboxylic acids is 2. The average molecular weight is 393 g/mol. The summed E-state index contributed by atoms with van der Waals surface area (Å²) < 4.78 is 28.4. The van der Waals surface area contributed by atoms with Gasteiger partial charge in [-0.1, -0.05) is 6.07 Å². The van der Waals surface area contributed by atoms with Gasteiger partial charge in [-0.2, -0.15) is 0 Å². The molecule has 1 saturated heterocycles. The van der Waals surface area contributed by atoms with Crippen molar-refractivity contribution in [2.24, 2.45) is 5.92 Å². The molecule has 0 unspecified atom stereocenters. The average Bonchev–Trinajstić information content (AvgIpc) is 2.64. The predicted molar refractivity (Wildman–Crippen MR) is 98.2 cm³/mol. The molecule has 1 aromatic rings. The number of alkyl halides is 2. The molecular formula is C20H25F2N3O3. The molecule has 1 aromatic heterocycles. The van der Waals surface area contributed by atoms with Crippen molar-refractivity contribution in [3.8, 4) is 0 Å². The van der Waals surface area contributed by atoms with Crippen LogP contribution in [0.3, 0.4) is 0 Å². The largest absolute Gasteiger partial charge is 0.352 e. The number of nitrogens with one attached hydrogen (secondary N) is 1. The van der Waals surface area contributed by atoms with Crippen LogP contribution >= 0.6 is 0 Å². The Kier molecular flexibility index (Phi) is 4.75. The Morgan fingerprint density at radius 3 is 2.57 bits per heavy atom. The number of fused-ring (bicyclic) bond motifs is 4. The summed E-state index contributed by atoms with van der Waals surface area (Å²) in [6.07, 6.45) is 0.726. The SMILES string of the molecule is CC(=O)N1C[C@H]2C[C@@H](C1)[C@H](C(=O)NC1CCC(F)(F)CC1)n1c2cccc1=O. The van der Waals surface area contributed by atoms with Gasteiger partial charge in [0.2, 0.25) is 17.7 Å². The van der Waals surface area contributed by atoms with Crippen molar-refractivity contribution in [2.75, 3.05) is 13.1 Å². The van der Waals surface area contributed by atoms with Crippen molar-refractivity contribution in [1.29, 1.82) is 0 Å². The number of amides is 2. The zero-order valence-corrected chi connectivity index (χ0v) is 15.9. The Hall–Kier alpha value is -2.25. The number of aromatic nitrogens is 1. The fraction of sp³-hybridized carbons (Fsp3) is 0.650. The van der Waals surface area contributed by atoms with Gasteiger partial charge in [0.1, 0.15) is 6.04 Å². The van der Waals surface area contributed by atoms with E-state index in [4.69, 9.17) is 0 Å². The van der Waals surface area contributed by atoms with Gasteiger partial charge in [-0.15, -0.1) is 0 Å². The second kappa shape index (κ2) is 6.97. The van der Waals surface area contributed by atoms with Gasteiger partial charge in [0.25, 0.3) is 5.56 Å². The molecule has 152 valence electrons. The third-order valence-corrected chi connectivity index (χ3v) is 6.42. The van der Waals surface area contributed by atoms with E-state index < -0.39 is 12.0 Å². The molecule has 3 atom stereocenters. The molecule has 4 rings (SSSR count). The molecule has 6 nitrogen and oxygen atoms in total. The van der Waals surface area contributed by atoms with Gasteiger partial charge in [0.15, 0.2) is 0 Å². The number of likely N-dealkylation sites (tertiary alicyclic amines) is 1. The van der Waals surface area contributed by atoms with Crippen molar-refractivity contribution in [2.45, 2.75) is 63.0 Å². The van der Waals surface area contributed by atoms with Gasteiger partial charge in [-0.25, -0.2) is 8.78 Å². The summed E-state index contributed by atoms with van der Waals surface area (Å²) in [5.74, 6) is -3.16. The first-order valence-electron chi connectivity index (χ1n) is 9.90. The first kappa shape index (κ1) is 19.1. The van der Waals surface area contributed by atoms with Crippen molar-refractivity contribution >= 4 is 11.8 Å². The van der Waals surface area contributed by atoms with Crippen molar-refractivity contribution in [3.63, 3.8) is 0 Å². The second-order valence-corrected chi connectivity index (χ2v) is 8.36. The van der Waals surface area contributed by atoms with Crippen LogP contribution < -0.4 is 10.9 Å². The lowest BCUT2D eigenvalue weighted by atomic mass is 9.78. The number of piperidine rings is 1. The quantitative estimate of drug-likeness (QED) is 0.836. The van der Waals surface area contributed by atoms with Crippen LogP contribution in [0.15, 0.2) is 23.0 Å². The number of hydrogen-bond donors (Lipinski definition) is 1. The maximum atomic E-state index is 13.4. The van der Waals surface area contributed by atoms with Gasteiger partial charge >= 0.3 is 0 Å². The third-order valence-electron chi connectivity index (χ3n) is 6.42. The molecule has 2 amide bonds. The monoisotopic (exact) mass is 393 g/mol. The highest BCUT2D eigenvalue weighted by Gasteiger charge is 2.45. The van der Waals surface area contributed by atoms with E-state index in [1.54, 1.807) is 15.5 Å². The fourth-order valence-corrected chi connectivity index (χ4v) is 5.00. The number of pyridine rings is 1. The Bertz CT molecular complexity index is 843. The molecule has 2 aliphatic heterocycles. The van der Waals surface area contributed by atoms with E-state index >= 15 is 0 Å². The van der Waals surface area contributed by atoms with E-state index in [2.05, 4.69) is 5.32 Å². The van der Waals surface area contributed by atoms with Gasteiger partial charge in [-0.05, 0) is 25.3 Å².